The number of aryl methyl sites for hydroxylation is 1. The molecule has 0 amide bonds. The van der Waals surface area contributed by atoms with E-state index >= 15 is 0 Å². The fraction of sp³-hybridized carbons (Fsp3) is 0.533. The predicted molar refractivity (Wildman–Crippen MR) is 71.9 cm³/mol. The van der Waals surface area contributed by atoms with Gasteiger partial charge in [-0.25, -0.2) is 0 Å². The van der Waals surface area contributed by atoms with Gasteiger partial charge in [-0.15, -0.1) is 13.2 Å². The van der Waals surface area contributed by atoms with Gasteiger partial charge in [0.1, 0.15) is 5.75 Å². The van der Waals surface area contributed by atoms with Gasteiger partial charge in [0.25, 0.3) is 0 Å². The molecule has 0 atom stereocenters. The highest BCUT2D eigenvalue weighted by Crippen LogP contribution is 2.23. The fourth-order valence-electron chi connectivity index (χ4n) is 1.86. The van der Waals surface area contributed by atoms with Crippen molar-refractivity contribution in [3.63, 3.8) is 0 Å². The van der Waals surface area contributed by atoms with E-state index in [2.05, 4.69) is 4.74 Å². The van der Waals surface area contributed by atoms with E-state index in [-0.39, 0.29) is 11.7 Å². The first-order chi connectivity index (χ1) is 9.87. The van der Waals surface area contributed by atoms with Crippen LogP contribution in [0.15, 0.2) is 24.3 Å². The van der Waals surface area contributed by atoms with Crippen LogP contribution < -0.4 is 4.74 Å². The topological polar surface area (TPSA) is 35.5 Å². The quantitative estimate of drug-likeness (QED) is 0.532. The van der Waals surface area contributed by atoms with Crippen molar-refractivity contribution in [2.75, 3.05) is 6.61 Å². The highest BCUT2D eigenvalue weighted by Gasteiger charge is 2.30. The summed E-state index contributed by atoms with van der Waals surface area (Å²) in [6, 6.07) is 5.92. The number of halogens is 3. The summed E-state index contributed by atoms with van der Waals surface area (Å²) in [7, 11) is 0. The minimum atomic E-state index is -4.65. The summed E-state index contributed by atoms with van der Waals surface area (Å²) in [6.07, 6.45) is -0.120. The van der Waals surface area contributed by atoms with Gasteiger partial charge in [0.15, 0.2) is 0 Å². The second-order valence-corrected chi connectivity index (χ2v) is 4.70. The summed E-state index contributed by atoms with van der Waals surface area (Å²) >= 11 is 0. The van der Waals surface area contributed by atoms with Crippen LogP contribution in [-0.2, 0) is 16.0 Å². The summed E-state index contributed by atoms with van der Waals surface area (Å²) in [5.74, 6) is -0.469. The molecule has 0 aliphatic rings. The molecule has 0 aliphatic heterocycles. The number of alkyl halides is 3. The number of hydrogen-bond donors (Lipinski definition) is 0. The average molecular weight is 304 g/mol. The Labute approximate surface area is 122 Å². The number of carbonyl (C=O) groups is 1. The molecule has 0 heterocycles. The summed E-state index contributed by atoms with van der Waals surface area (Å²) in [5.41, 5.74) is 0.976. The average Bonchev–Trinajstić information content (AvgIpc) is 2.37. The predicted octanol–water partition coefficient (Wildman–Crippen LogP) is 4.25. The number of carbonyl (C=O) groups excluding carboxylic acids is 1. The van der Waals surface area contributed by atoms with Crippen molar-refractivity contribution < 1.29 is 27.4 Å². The van der Waals surface area contributed by atoms with Crippen molar-refractivity contribution in [2.45, 2.75) is 45.4 Å². The first-order valence-electron chi connectivity index (χ1n) is 6.85. The van der Waals surface area contributed by atoms with E-state index in [1.54, 1.807) is 12.1 Å². The van der Waals surface area contributed by atoms with Crippen LogP contribution in [0.4, 0.5) is 13.2 Å². The van der Waals surface area contributed by atoms with Crippen LogP contribution in [0.2, 0.25) is 0 Å². The number of benzene rings is 1. The maximum atomic E-state index is 12.0. The third-order valence-electron chi connectivity index (χ3n) is 2.82. The van der Waals surface area contributed by atoms with E-state index in [4.69, 9.17) is 4.74 Å². The first kappa shape index (κ1) is 17.3. The van der Waals surface area contributed by atoms with Crippen LogP contribution >= 0.6 is 0 Å². The zero-order valence-electron chi connectivity index (χ0n) is 11.9. The van der Waals surface area contributed by atoms with Crippen LogP contribution in [0.25, 0.3) is 0 Å². The lowest BCUT2D eigenvalue weighted by Gasteiger charge is -2.09. The Morgan fingerprint density at radius 2 is 1.67 bits per heavy atom. The number of ether oxygens (including phenoxy) is 2. The molecule has 1 aromatic carbocycles. The minimum Gasteiger partial charge on any atom is -0.466 e. The number of hydrogen-bond acceptors (Lipinski definition) is 3. The molecule has 21 heavy (non-hydrogen) atoms. The normalized spacial score (nSPS) is 11.2. The fourth-order valence-corrected chi connectivity index (χ4v) is 1.86. The summed E-state index contributed by atoms with van der Waals surface area (Å²) in [4.78, 5) is 10.5. The third-order valence-corrected chi connectivity index (χ3v) is 2.82. The minimum absolute atomic E-state index is 0.201. The lowest BCUT2D eigenvalue weighted by molar-refractivity contribution is -0.274. The Hall–Kier alpha value is -1.72. The molecule has 0 unspecified atom stereocenters. The molecule has 0 fully saturated rings. The van der Waals surface area contributed by atoms with Crippen LogP contribution in [0.1, 0.15) is 38.2 Å². The lowest BCUT2D eigenvalue weighted by atomic mass is 10.1. The molecule has 0 bridgehead atoms. The monoisotopic (exact) mass is 304 g/mol. The zero-order valence-corrected chi connectivity index (χ0v) is 11.9. The van der Waals surface area contributed by atoms with Gasteiger partial charge < -0.3 is 9.47 Å². The standard InChI is InChI=1S/C15H19F3O3/c1-12(19)20-11-5-3-2-4-6-13-7-9-14(10-8-13)21-15(16,17)18/h7-10H,2-6,11H2,1H3. The van der Waals surface area contributed by atoms with Gasteiger partial charge in [0.2, 0.25) is 0 Å². The summed E-state index contributed by atoms with van der Waals surface area (Å²) in [5, 5.41) is 0. The Balaban J connectivity index is 2.17. The SMILES string of the molecule is CC(=O)OCCCCCCc1ccc(OC(F)(F)F)cc1. The van der Waals surface area contributed by atoms with Gasteiger partial charge in [-0.2, -0.15) is 0 Å². The molecule has 0 saturated carbocycles. The molecule has 3 nitrogen and oxygen atoms in total. The highest BCUT2D eigenvalue weighted by molar-refractivity contribution is 5.65. The van der Waals surface area contributed by atoms with Gasteiger partial charge >= 0.3 is 12.3 Å². The molecule has 0 radical (unpaired) electrons. The maximum absolute atomic E-state index is 12.0. The molecule has 6 heteroatoms. The molecular formula is C15H19F3O3. The molecule has 1 aromatic rings. The molecule has 1 rings (SSSR count). The lowest BCUT2D eigenvalue weighted by Crippen LogP contribution is -2.17. The highest BCUT2D eigenvalue weighted by atomic mass is 19.4. The van der Waals surface area contributed by atoms with Crippen molar-refractivity contribution in [3.8, 4) is 5.75 Å². The van der Waals surface area contributed by atoms with E-state index in [1.165, 1.54) is 19.1 Å². The van der Waals surface area contributed by atoms with Crippen molar-refractivity contribution in [3.05, 3.63) is 29.8 Å². The Morgan fingerprint density at radius 3 is 2.24 bits per heavy atom. The number of unbranched alkanes of at least 4 members (excludes halogenated alkanes) is 3. The van der Waals surface area contributed by atoms with E-state index < -0.39 is 6.36 Å². The van der Waals surface area contributed by atoms with E-state index in [1.807, 2.05) is 0 Å². The van der Waals surface area contributed by atoms with Crippen molar-refractivity contribution in [2.24, 2.45) is 0 Å². The van der Waals surface area contributed by atoms with Gasteiger partial charge in [-0.05, 0) is 37.0 Å². The van der Waals surface area contributed by atoms with E-state index in [9.17, 15) is 18.0 Å². The molecule has 0 N–H and O–H groups in total. The molecule has 0 aromatic heterocycles. The van der Waals surface area contributed by atoms with Gasteiger partial charge in [-0.3, -0.25) is 4.79 Å². The Morgan fingerprint density at radius 1 is 1.05 bits per heavy atom. The molecule has 118 valence electrons. The van der Waals surface area contributed by atoms with Crippen LogP contribution in [-0.4, -0.2) is 18.9 Å². The molecule has 0 spiro atoms. The van der Waals surface area contributed by atoms with E-state index in [0.29, 0.717) is 6.61 Å². The molecule has 0 saturated heterocycles. The third kappa shape index (κ3) is 8.94. The van der Waals surface area contributed by atoms with Crippen molar-refractivity contribution in [1.29, 1.82) is 0 Å². The van der Waals surface area contributed by atoms with Gasteiger partial charge in [0, 0.05) is 6.92 Å². The van der Waals surface area contributed by atoms with Crippen LogP contribution in [0, 0.1) is 0 Å². The Kier molecular flexibility index (Phi) is 7.05. The first-order valence-corrected chi connectivity index (χ1v) is 6.85. The summed E-state index contributed by atoms with van der Waals surface area (Å²) < 4.78 is 44.6. The smallest absolute Gasteiger partial charge is 0.466 e. The van der Waals surface area contributed by atoms with Gasteiger partial charge in [0.05, 0.1) is 6.61 Å². The van der Waals surface area contributed by atoms with Gasteiger partial charge in [-0.1, -0.05) is 25.0 Å². The van der Waals surface area contributed by atoms with Crippen LogP contribution in [0.5, 0.6) is 5.75 Å². The maximum Gasteiger partial charge on any atom is 0.573 e. The van der Waals surface area contributed by atoms with E-state index in [0.717, 1.165) is 37.7 Å². The van der Waals surface area contributed by atoms with Crippen LogP contribution in [0.3, 0.4) is 0 Å². The number of rotatable bonds is 8. The molecular weight excluding hydrogens is 285 g/mol. The Bertz CT molecular complexity index is 427. The molecule has 0 aliphatic carbocycles. The summed E-state index contributed by atoms with van der Waals surface area (Å²) in [6.45, 7) is 1.82. The second kappa shape index (κ2) is 8.54. The van der Waals surface area contributed by atoms with Crippen molar-refractivity contribution in [1.82, 2.24) is 0 Å². The largest absolute Gasteiger partial charge is 0.573 e. The zero-order chi connectivity index (χ0) is 15.7. The second-order valence-electron chi connectivity index (χ2n) is 4.70. The number of esters is 1. The van der Waals surface area contributed by atoms with Crippen molar-refractivity contribution >= 4 is 5.97 Å².